The predicted octanol–water partition coefficient (Wildman–Crippen LogP) is 11.7. The predicted molar refractivity (Wildman–Crippen MR) is 248 cm³/mol. The second-order valence-electron chi connectivity index (χ2n) is 13.6. The van der Waals surface area contributed by atoms with Gasteiger partial charge in [0.25, 0.3) is 0 Å². The molecule has 2 unspecified atom stereocenters. The summed E-state index contributed by atoms with van der Waals surface area (Å²) in [5, 5.41) is 10.0. The Bertz CT molecular complexity index is 1450. The summed E-state index contributed by atoms with van der Waals surface area (Å²) >= 11 is 0. The van der Waals surface area contributed by atoms with E-state index < -0.39 is 38.6 Å². The van der Waals surface area contributed by atoms with Gasteiger partial charge in [0.05, 0.1) is 19.3 Å². The van der Waals surface area contributed by atoms with E-state index in [0.29, 0.717) is 25.7 Å². The van der Waals surface area contributed by atoms with Crippen molar-refractivity contribution in [1.82, 2.24) is 0 Å². The van der Waals surface area contributed by atoms with Crippen molar-refractivity contribution in [3.05, 3.63) is 134 Å². The number of hydrogen-bond acceptors (Lipinski definition) is 9. The second kappa shape index (κ2) is 43.2. The maximum absolute atomic E-state index is 12.6. The van der Waals surface area contributed by atoms with Crippen LogP contribution in [0.2, 0.25) is 0 Å². The first kappa shape index (κ1) is 56.1. The van der Waals surface area contributed by atoms with Crippen molar-refractivity contribution in [2.45, 2.75) is 135 Å². The van der Waals surface area contributed by atoms with Crippen LogP contribution >= 0.6 is 7.82 Å². The normalized spacial score (nSPS) is 15.1. The quantitative estimate of drug-likeness (QED) is 0.0180. The molecule has 0 spiro atoms. The van der Waals surface area contributed by atoms with Gasteiger partial charge in [-0.15, -0.1) is 0 Å². The molecule has 0 bridgehead atoms. The lowest BCUT2D eigenvalue weighted by Gasteiger charge is -2.19. The number of ether oxygens (including phenoxy) is 2. The number of nitrogens with two attached hydrogens (primary N) is 1. The summed E-state index contributed by atoms with van der Waals surface area (Å²) in [6.45, 7) is 3.25. The number of esters is 2. The van der Waals surface area contributed by atoms with E-state index >= 15 is 0 Å². The van der Waals surface area contributed by atoms with Crippen LogP contribution in [0.25, 0.3) is 0 Å². The zero-order valence-electron chi connectivity index (χ0n) is 36.5. The highest BCUT2D eigenvalue weighted by Gasteiger charge is 2.25. The van der Waals surface area contributed by atoms with E-state index in [1.165, 1.54) is 0 Å². The maximum Gasteiger partial charge on any atom is 0.472 e. The first-order valence-corrected chi connectivity index (χ1v) is 23.3. The molecule has 0 aromatic rings. The lowest BCUT2D eigenvalue weighted by Crippen LogP contribution is -2.29. The molecule has 0 aromatic heterocycles. The minimum absolute atomic E-state index is 0.0202. The van der Waals surface area contributed by atoms with Crippen molar-refractivity contribution in [2.24, 2.45) is 5.73 Å². The largest absolute Gasteiger partial charge is 0.472 e. The van der Waals surface area contributed by atoms with Gasteiger partial charge in [0.1, 0.15) is 6.61 Å². The van der Waals surface area contributed by atoms with Gasteiger partial charge in [-0.05, 0) is 89.9 Å². The number of unbranched alkanes of at least 4 members (excludes halogenated alkanes) is 3. The highest BCUT2D eigenvalue weighted by Crippen LogP contribution is 2.43. The fourth-order valence-electron chi connectivity index (χ4n) is 4.94. The third-order valence-electron chi connectivity index (χ3n) is 8.13. The highest BCUT2D eigenvalue weighted by molar-refractivity contribution is 7.47. The van der Waals surface area contributed by atoms with Gasteiger partial charge in [-0.25, -0.2) is 4.57 Å². The maximum atomic E-state index is 12.6. The summed E-state index contributed by atoms with van der Waals surface area (Å²) in [4.78, 5) is 34.9. The number of aliphatic hydroxyl groups is 1. The molecule has 0 rings (SSSR count). The molecular weight excluding hydrogens is 778 g/mol. The molecule has 10 nitrogen and oxygen atoms in total. The molecule has 0 aliphatic carbocycles. The lowest BCUT2D eigenvalue weighted by molar-refractivity contribution is -0.161. The smallest absolute Gasteiger partial charge is 0.462 e. The van der Waals surface area contributed by atoms with Gasteiger partial charge in [0, 0.05) is 19.4 Å². The van der Waals surface area contributed by atoms with Crippen molar-refractivity contribution < 1.29 is 42.7 Å². The van der Waals surface area contributed by atoms with E-state index in [0.717, 1.165) is 70.6 Å². The molecule has 0 heterocycles. The van der Waals surface area contributed by atoms with Gasteiger partial charge in [-0.1, -0.05) is 154 Å². The minimum atomic E-state index is -4.43. The molecule has 0 amide bonds. The average Bonchev–Trinajstić information content (AvgIpc) is 3.23. The van der Waals surface area contributed by atoms with E-state index in [2.05, 4.69) is 92.8 Å². The number of rotatable bonds is 38. The first-order chi connectivity index (χ1) is 29.2. The van der Waals surface area contributed by atoms with Gasteiger partial charge >= 0.3 is 19.8 Å². The van der Waals surface area contributed by atoms with Crippen molar-refractivity contribution in [3.63, 3.8) is 0 Å². The first-order valence-electron chi connectivity index (χ1n) is 21.8. The highest BCUT2D eigenvalue weighted by atomic mass is 31.2. The summed E-state index contributed by atoms with van der Waals surface area (Å²) < 4.78 is 32.6. The Morgan fingerprint density at radius 2 is 1.10 bits per heavy atom. The third kappa shape index (κ3) is 42.2. The fourth-order valence-corrected chi connectivity index (χ4v) is 5.71. The zero-order chi connectivity index (χ0) is 44.0. The second-order valence-corrected chi connectivity index (χ2v) is 15.1. The van der Waals surface area contributed by atoms with Gasteiger partial charge < -0.3 is 25.2 Å². The number of hydrogen-bond donors (Lipinski definition) is 3. The zero-order valence-corrected chi connectivity index (χ0v) is 37.4. The number of phosphoric acid groups is 1. The molecule has 0 saturated carbocycles. The summed E-state index contributed by atoms with van der Waals surface area (Å²) in [7, 11) is -4.43. The Morgan fingerprint density at radius 1 is 0.583 bits per heavy atom. The molecular formula is C49H76NO9P. The fraction of sp³-hybridized carbons (Fsp3) is 0.510. The summed E-state index contributed by atoms with van der Waals surface area (Å²) in [6, 6.07) is 0. The minimum Gasteiger partial charge on any atom is -0.462 e. The van der Waals surface area contributed by atoms with Crippen LogP contribution in [0.4, 0.5) is 0 Å². The molecule has 4 N–H and O–H groups in total. The van der Waals surface area contributed by atoms with E-state index in [9.17, 15) is 24.2 Å². The molecule has 0 aliphatic rings. The van der Waals surface area contributed by atoms with Crippen molar-refractivity contribution >= 4 is 19.8 Å². The number of carbonyl (C=O) groups is 2. The van der Waals surface area contributed by atoms with Crippen molar-refractivity contribution in [3.8, 4) is 0 Å². The van der Waals surface area contributed by atoms with Crippen molar-refractivity contribution in [2.75, 3.05) is 26.4 Å². The SMILES string of the molecule is CC/C=C\C/C=C\C/C=C\C/C=C\C/C=C\CCCCCC(=O)OC[C@H](COP(=O)(O)OCCN)OC(=O)CC/C=C\C/C=C\C/C=C\C=C\C(O)C/C=C\C/C=C\CC. The van der Waals surface area contributed by atoms with Crippen LogP contribution in [0.1, 0.15) is 123 Å². The third-order valence-corrected chi connectivity index (χ3v) is 9.11. The summed E-state index contributed by atoms with van der Waals surface area (Å²) in [6.07, 6.45) is 56.7. The Labute approximate surface area is 362 Å². The van der Waals surface area contributed by atoms with E-state index in [1.807, 2.05) is 48.6 Å². The molecule has 0 aliphatic heterocycles. The molecule has 0 radical (unpaired) electrons. The number of allylic oxidation sites excluding steroid dienone is 20. The summed E-state index contributed by atoms with van der Waals surface area (Å²) in [5.74, 6) is -1.01. The molecule has 336 valence electrons. The van der Waals surface area contributed by atoms with Crippen LogP contribution in [0.15, 0.2) is 134 Å². The Balaban J connectivity index is 4.43. The topological polar surface area (TPSA) is 155 Å². The van der Waals surface area contributed by atoms with Gasteiger partial charge in [-0.3, -0.25) is 18.6 Å². The van der Waals surface area contributed by atoms with E-state index in [4.69, 9.17) is 24.3 Å². The monoisotopic (exact) mass is 854 g/mol. The number of aliphatic hydroxyl groups excluding tert-OH is 1. The Kier molecular flexibility index (Phi) is 40.4. The molecule has 0 saturated heterocycles. The molecule has 11 heteroatoms. The van der Waals surface area contributed by atoms with E-state index in [-0.39, 0.29) is 32.6 Å². The van der Waals surface area contributed by atoms with E-state index in [1.54, 1.807) is 6.08 Å². The molecule has 3 atom stereocenters. The van der Waals surface area contributed by atoms with Gasteiger partial charge in [0.2, 0.25) is 0 Å². The van der Waals surface area contributed by atoms with Crippen LogP contribution in [0, 0.1) is 0 Å². The van der Waals surface area contributed by atoms with Crippen LogP contribution in [0.5, 0.6) is 0 Å². The average molecular weight is 854 g/mol. The van der Waals surface area contributed by atoms with Gasteiger partial charge in [0.15, 0.2) is 6.10 Å². The number of carbonyl (C=O) groups excluding carboxylic acids is 2. The Morgan fingerprint density at radius 3 is 1.67 bits per heavy atom. The van der Waals surface area contributed by atoms with Crippen LogP contribution in [-0.4, -0.2) is 60.5 Å². The van der Waals surface area contributed by atoms with Crippen molar-refractivity contribution in [1.29, 1.82) is 0 Å². The number of phosphoric ester groups is 1. The Hall–Kier alpha value is -3.89. The lowest BCUT2D eigenvalue weighted by atomic mass is 10.1. The molecule has 0 aromatic carbocycles. The van der Waals surface area contributed by atoms with Crippen LogP contribution in [-0.2, 0) is 32.7 Å². The van der Waals surface area contributed by atoms with Gasteiger partial charge in [-0.2, -0.15) is 0 Å². The van der Waals surface area contributed by atoms with Crippen LogP contribution in [0.3, 0.4) is 0 Å². The van der Waals surface area contributed by atoms with Crippen LogP contribution < -0.4 is 5.73 Å². The standard InChI is InChI=1S/C49H76NO9P/c1-3-5-7-9-11-12-13-14-15-16-17-18-19-20-21-25-28-32-36-40-48(52)56-44-47(45-58-60(54,55)57-43-42-50)59-49(53)41-37-33-29-26-23-22-24-27-31-35-39-46(51)38-34-30-10-8-6-4-2/h5-8,11-12,14-15,17-18,20-23,27,29-31,33-35,39,46-47,51H,3-4,9-10,13,16,19,24-26,28,32,36-38,40-45,50H2,1-2H3,(H,54,55)/b7-5-,8-6-,12-11-,15-14-,18-17-,21-20-,23-22-,31-27-,33-29-,34-30-,39-35+/t46?,47-/m1/s1. The summed E-state index contributed by atoms with van der Waals surface area (Å²) in [5.41, 5.74) is 5.34. The molecule has 0 fully saturated rings. The molecule has 60 heavy (non-hydrogen) atoms.